The maximum Gasteiger partial charge on any atom is 0.215 e. The van der Waals surface area contributed by atoms with Crippen LogP contribution in [0, 0.1) is 5.92 Å². The van der Waals surface area contributed by atoms with Crippen LogP contribution in [0.25, 0.3) is 0 Å². The smallest absolute Gasteiger partial charge is 0.215 e. The normalized spacial score (nSPS) is 17.3. The van der Waals surface area contributed by atoms with Crippen LogP contribution in [0.4, 0.5) is 0 Å². The van der Waals surface area contributed by atoms with E-state index >= 15 is 0 Å². The van der Waals surface area contributed by atoms with Crippen molar-refractivity contribution in [1.29, 1.82) is 0 Å². The zero-order chi connectivity index (χ0) is 11.1. The molecule has 15 heavy (non-hydrogen) atoms. The Labute approximate surface area is 89.5 Å². The molecular formula is C9H15N3O2S. The molecule has 0 atom stereocenters. The van der Waals surface area contributed by atoms with Gasteiger partial charge in [-0.25, -0.2) is 8.42 Å². The Balaban J connectivity index is 2.13. The first-order valence-electron chi connectivity index (χ1n) is 4.98. The van der Waals surface area contributed by atoms with Crippen LogP contribution in [0.2, 0.25) is 0 Å². The summed E-state index contributed by atoms with van der Waals surface area (Å²) in [6.07, 6.45) is 1.69. The number of fused-ring (bicyclic) bond motifs is 1. The van der Waals surface area contributed by atoms with Crippen molar-refractivity contribution in [3.05, 3.63) is 17.5 Å². The summed E-state index contributed by atoms with van der Waals surface area (Å²) in [5, 5.41) is 6.69. The molecule has 0 fully saturated rings. The zero-order valence-electron chi connectivity index (χ0n) is 8.90. The molecule has 84 valence electrons. The van der Waals surface area contributed by atoms with E-state index in [0.717, 1.165) is 11.3 Å². The molecule has 1 aliphatic rings. The number of sulfonamides is 1. The second-order valence-electron chi connectivity index (χ2n) is 4.31. The van der Waals surface area contributed by atoms with Crippen molar-refractivity contribution in [2.24, 2.45) is 5.92 Å². The number of aromatic amines is 1. The second kappa shape index (κ2) is 3.61. The van der Waals surface area contributed by atoms with E-state index < -0.39 is 10.0 Å². The maximum atomic E-state index is 11.9. The van der Waals surface area contributed by atoms with Gasteiger partial charge in [0.05, 0.1) is 24.2 Å². The van der Waals surface area contributed by atoms with Crippen molar-refractivity contribution in [1.82, 2.24) is 14.5 Å². The van der Waals surface area contributed by atoms with Gasteiger partial charge in [-0.05, 0) is 5.92 Å². The molecule has 2 rings (SSSR count). The van der Waals surface area contributed by atoms with Crippen LogP contribution in [0.15, 0.2) is 6.20 Å². The lowest BCUT2D eigenvalue weighted by atomic mass is 10.3. The fraction of sp³-hybridized carbons (Fsp3) is 0.667. The van der Waals surface area contributed by atoms with Crippen LogP contribution in [0.3, 0.4) is 0 Å². The standard InChI is InChI=1S/C9H15N3O2S/c1-7(2)6-15(13,14)12-4-8-3-10-11-9(8)5-12/h3,7H,4-6H2,1-2H3,(H,10,11). The van der Waals surface area contributed by atoms with Crippen LogP contribution in [-0.2, 0) is 23.1 Å². The van der Waals surface area contributed by atoms with Gasteiger partial charge in [0.25, 0.3) is 0 Å². The van der Waals surface area contributed by atoms with Gasteiger partial charge in [0.2, 0.25) is 10.0 Å². The SMILES string of the molecule is CC(C)CS(=O)(=O)N1Cc2cn[nH]c2C1. The van der Waals surface area contributed by atoms with Crippen molar-refractivity contribution in [3.63, 3.8) is 0 Å². The Morgan fingerprint density at radius 2 is 2.27 bits per heavy atom. The molecule has 0 bridgehead atoms. The van der Waals surface area contributed by atoms with Crippen molar-refractivity contribution >= 4 is 10.0 Å². The van der Waals surface area contributed by atoms with E-state index in [1.165, 1.54) is 4.31 Å². The molecule has 1 aromatic rings. The van der Waals surface area contributed by atoms with E-state index in [-0.39, 0.29) is 11.7 Å². The summed E-state index contributed by atoms with van der Waals surface area (Å²) in [4.78, 5) is 0. The monoisotopic (exact) mass is 229 g/mol. The molecule has 0 radical (unpaired) electrons. The van der Waals surface area contributed by atoms with E-state index in [4.69, 9.17) is 0 Å². The number of hydrogen-bond acceptors (Lipinski definition) is 3. The summed E-state index contributed by atoms with van der Waals surface area (Å²) in [5.74, 6) is 0.372. The lowest BCUT2D eigenvalue weighted by Crippen LogP contribution is -2.30. The van der Waals surface area contributed by atoms with Crippen LogP contribution in [0.5, 0.6) is 0 Å². The summed E-state index contributed by atoms with van der Waals surface area (Å²) < 4.78 is 25.3. The van der Waals surface area contributed by atoms with Gasteiger partial charge in [-0.1, -0.05) is 13.8 Å². The highest BCUT2D eigenvalue weighted by molar-refractivity contribution is 7.89. The number of hydrogen-bond donors (Lipinski definition) is 1. The zero-order valence-corrected chi connectivity index (χ0v) is 9.71. The Hall–Kier alpha value is -0.880. The minimum atomic E-state index is -3.11. The largest absolute Gasteiger partial charge is 0.281 e. The van der Waals surface area contributed by atoms with Gasteiger partial charge >= 0.3 is 0 Å². The predicted octanol–water partition coefficient (Wildman–Crippen LogP) is 0.711. The number of nitrogens with one attached hydrogen (secondary N) is 1. The molecule has 0 saturated heterocycles. The summed E-state index contributed by atoms with van der Waals surface area (Å²) in [7, 11) is -3.11. The van der Waals surface area contributed by atoms with Gasteiger partial charge in [-0.15, -0.1) is 0 Å². The molecule has 5 nitrogen and oxygen atoms in total. The third kappa shape index (κ3) is 2.05. The number of aromatic nitrogens is 2. The number of nitrogens with zero attached hydrogens (tertiary/aromatic N) is 2. The molecule has 0 aromatic carbocycles. The molecule has 0 unspecified atom stereocenters. The second-order valence-corrected chi connectivity index (χ2v) is 6.33. The fourth-order valence-electron chi connectivity index (χ4n) is 1.76. The van der Waals surface area contributed by atoms with Crippen LogP contribution >= 0.6 is 0 Å². The first-order valence-corrected chi connectivity index (χ1v) is 6.59. The lowest BCUT2D eigenvalue weighted by Gasteiger charge is -2.16. The third-order valence-electron chi connectivity index (χ3n) is 2.43. The van der Waals surface area contributed by atoms with Crippen molar-refractivity contribution < 1.29 is 8.42 Å². The average molecular weight is 229 g/mol. The van der Waals surface area contributed by atoms with Crippen molar-refractivity contribution in [2.75, 3.05) is 5.75 Å². The highest BCUT2D eigenvalue weighted by Crippen LogP contribution is 2.23. The van der Waals surface area contributed by atoms with Crippen LogP contribution in [-0.4, -0.2) is 28.7 Å². The van der Waals surface area contributed by atoms with E-state index in [9.17, 15) is 8.42 Å². The first kappa shape index (κ1) is 10.6. The van der Waals surface area contributed by atoms with E-state index in [1.807, 2.05) is 13.8 Å². The highest BCUT2D eigenvalue weighted by Gasteiger charge is 2.30. The summed E-state index contributed by atoms with van der Waals surface area (Å²) >= 11 is 0. The Morgan fingerprint density at radius 1 is 1.53 bits per heavy atom. The average Bonchev–Trinajstić information content (AvgIpc) is 2.56. The minimum Gasteiger partial charge on any atom is -0.281 e. The van der Waals surface area contributed by atoms with Gasteiger partial charge in [-0.2, -0.15) is 9.40 Å². The van der Waals surface area contributed by atoms with E-state index in [1.54, 1.807) is 6.20 Å². The molecule has 1 N–H and O–H groups in total. The van der Waals surface area contributed by atoms with E-state index in [2.05, 4.69) is 10.2 Å². The predicted molar refractivity (Wildman–Crippen MR) is 56.5 cm³/mol. The molecule has 0 aliphatic carbocycles. The Kier molecular flexibility index (Phi) is 2.56. The molecular weight excluding hydrogens is 214 g/mol. The quantitative estimate of drug-likeness (QED) is 0.830. The molecule has 0 spiro atoms. The summed E-state index contributed by atoms with van der Waals surface area (Å²) in [6.45, 7) is 4.72. The molecule has 6 heteroatoms. The molecule has 1 aliphatic heterocycles. The van der Waals surface area contributed by atoms with Gasteiger partial charge in [0.1, 0.15) is 0 Å². The molecule has 2 heterocycles. The molecule has 1 aromatic heterocycles. The Bertz CT molecular complexity index is 429. The molecule has 0 amide bonds. The third-order valence-corrected chi connectivity index (χ3v) is 4.56. The number of H-pyrrole nitrogens is 1. The van der Waals surface area contributed by atoms with Crippen LogP contribution in [0.1, 0.15) is 25.1 Å². The molecule has 0 saturated carbocycles. The van der Waals surface area contributed by atoms with Gasteiger partial charge < -0.3 is 0 Å². The minimum absolute atomic E-state index is 0.159. The van der Waals surface area contributed by atoms with Crippen molar-refractivity contribution in [2.45, 2.75) is 26.9 Å². The van der Waals surface area contributed by atoms with Gasteiger partial charge in [-0.3, -0.25) is 5.10 Å². The summed E-state index contributed by atoms with van der Waals surface area (Å²) in [6, 6.07) is 0. The fourth-order valence-corrected chi connectivity index (χ4v) is 3.47. The highest BCUT2D eigenvalue weighted by atomic mass is 32.2. The Morgan fingerprint density at radius 3 is 2.87 bits per heavy atom. The topological polar surface area (TPSA) is 66.1 Å². The number of rotatable bonds is 3. The van der Waals surface area contributed by atoms with Crippen molar-refractivity contribution in [3.8, 4) is 0 Å². The van der Waals surface area contributed by atoms with Gasteiger partial charge in [0.15, 0.2) is 0 Å². The lowest BCUT2D eigenvalue weighted by molar-refractivity contribution is 0.422. The van der Waals surface area contributed by atoms with Crippen LogP contribution < -0.4 is 0 Å². The van der Waals surface area contributed by atoms with Gasteiger partial charge in [0, 0.05) is 12.1 Å². The first-order chi connectivity index (χ1) is 6.99. The summed E-state index contributed by atoms with van der Waals surface area (Å²) in [5.41, 5.74) is 1.91. The van der Waals surface area contributed by atoms with E-state index in [0.29, 0.717) is 13.1 Å². The maximum absolute atomic E-state index is 11.9.